The molecule has 92 valence electrons. The molecule has 0 aliphatic rings. The zero-order valence-electron chi connectivity index (χ0n) is 9.21. The summed E-state index contributed by atoms with van der Waals surface area (Å²) in [6.45, 7) is 1.86. The number of benzene rings is 1. The van der Waals surface area contributed by atoms with Crippen molar-refractivity contribution in [1.29, 1.82) is 5.26 Å². The van der Waals surface area contributed by atoms with E-state index in [1.165, 1.54) is 12.1 Å². The van der Waals surface area contributed by atoms with Gasteiger partial charge in [-0.15, -0.1) is 0 Å². The van der Waals surface area contributed by atoms with Crippen molar-refractivity contribution in [2.24, 2.45) is 0 Å². The molecule has 0 radical (unpaired) electrons. The third-order valence-electron chi connectivity index (χ3n) is 2.24. The highest BCUT2D eigenvalue weighted by Gasteiger charge is 2.25. The lowest BCUT2D eigenvalue weighted by Gasteiger charge is -2.02. The zero-order valence-corrected chi connectivity index (χ0v) is 11.6. The van der Waals surface area contributed by atoms with Crippen LogP contribution >= 0.6 is 22.9 Å². The van der Waals surface area contributed by atoms with E-state index < -0.39 is 9.84 Å². The van der Waals surface area contributed by atoms with Crippen LogP contribution < -0.4 is 0 Å². The normalized spacial score (nSPS) is 11.2. The topological polar surface area (TPSA) is 70.8 Å². The molecule has 7 heteroatoms. The van der Waals surface area contributed by atoms with Crippen molar-refractivity contribution < 1.29 is 8.42 Å². The van der Waals surface area contributed by atoms with E-state index in [4.69, 9.17) is 16.9 Å². The smallest absolute Gasteiger partial charge is 0.217 e. The van der Waals surface area contributed by atoms with Crippen LogP contribution in [0.2, 0.25) is 4.34 Å². The maximum Gasteiger partial charge on any atom is 0.226 e. The van der Waals surface area contributed by atoms with Crippen molar-refractivity contribution in [3.05, 3.63) is 39.2 Å². The van der Waals surface area contributed by atoms with Gasteiger partial charge in [0.05, 0.1) is 4.90 Å². The van der Waals surface area contributed by atoms with E-state index in [1.54, 1.807) is 18.2 Å². The Balaban J connectivity index is 2.58. The van der Waals surface area contributed by atoms with Gasteiger partial charge in [-0.05, 0) is 19.1 Å². The predicted octanol–water partition coefficient (Wildman–Crippen LogP) is 2.81. The number of aryl methyl sites for hydroxylation is 1. The van der Waals surface area contributed by atoms with Gasteiger partial charge in [-0.25, -0.2) is 13.4 Å². The number of rotatable bonds is 2. The Morgan fingerprint density at radius 2 is 1.94 bits per heavy atom. The number of thiazole rings is 1. The molecule has 2 aromatic rings. The van der Waals surface area contributed by atoms with Gasteiger partial charge in [0.25, 0.3) is 0 Å². The standard InChI is InChI=1S/C11H7ClN2O2S2/c1-7-2-4-8(5-3-7)18(15,16)11-10(12)17-9(6-13)14-11/h2-5H,1H3. The molecule has 0 atom stereocenters. The fourth-order valence-corrected chi connectivity index (χ4v) is 4.03. The molecular formula is C11H7ClN2O2S2. The first-order chi connectivity index (χ1) is 8.45. The second-order valence-corrected chi connectivity index (χ2v) is 6.99. The van der Waals surface area contributed by atoms with E-state index in [-0.39, 0.29) is 19.3 Å². The summed E-state index contributed by atoms with van der Waals surface area (Å²) in [7, 11) is -3.76. The molecule has 0 aliphatic heterocycles. The summed E-state index contributed by atoms with van der Waals surface area (Å²) in [6.07, 6.45) is 0. The molecule has 0 saturated carbocycles. The van der Waals surface area contributed by atoms with Gasteiger partial charge in [-0.2, -0.15) is 5.26 Å². The van der Waals surface area contributed by atoms with E-state index in [2.05, 4.69) is 4.98 Å². The molecule has 4 nitrogen and oxygen atoms in total. The van der Waals surface area contributed by atoms with Crippen molar-refractivity contribution in [2.45, 2.75) is 16.8 Å². The number of halogens is 1. The van der Waals surface area contributed by atoms with Crippen LogP contribution in [0, 0.1) is 18.3 Å². The van der Waals surface area contributed by atoms with Crippen LogP contribution in [0.1, 0.15) is 10.6 Å². The Bertz CT molecular complexity index is 727. The first kappa shape index (κ1) is 13.0. The molecule has 1 aromatic heterocycles. The maximum absolute atomic E-state index is 12.2. The second-order valence-electron chi connectivity index (χ2n) is 3.53. The molecule has 18 heavy (non-hydrogen) atoms. The summed E-state index contributed by atoms with van der Waals surface area (Å²) in [5.41, 5.74) is 0.955. The Labute approximate surface area is 113 Å². The minimum Gasteiger partial charge on any atom is -0.217 e. The fourth-order valence-electron chi connectivity index (χ4n) is 1.33. The monoisotopic (exact) mass is 298 g/mol. The molecule has 1 aromatic carbocycles. The molecule has 0 amide bonds. The van der Waals surface area contributed by atoms with Gasteiger partial charge in [0.2, 0.25) is 9.84 Å². The van der Waals surface area contributed by atoms with Gasteiger partial charge in [0.1, 0.15) is 10.4 Å². The van der Waals surface area contributed by atoms with Crippen LogP contribution in [0.5, 0.6) is 0 Å². The van der Waals surface area contributed by atoms with Gasteiger partial charge in [0, 0.05) is 0 Å². The summed E-state index contributed by atoms with van der Waals surface area (Å²) in [5, 5.41) is 8.47. The van der Waals surface area contributed by atoms with Crippen molar-refractivity contribution in [3.63, 3.8) is 0 Å². The highest BCUT2D eigenvalue weighted by atomic mass is 35.5. The molecule has 0 aliphatic carbocycles. The highest BCUT2D eigenvalue weighted by Crippen LogP contribution is 2.31. The van der Waals surface area contributed by atoms with Crippen LogP contribution in [0.4, 0.5) is 0 Å². The maximum atomic E-state index is 12.2. The van der Waals surface area contributed by atoms with Gasteiger partial charge in [-0.1, -0.05) is 40.6 Å². The van der Waals surface area contributed by atoms with Gasteiger partial charge >= 0.3 is 0 Å². The molecule has 0 N–H and O–H groups in total. The molecule has 0 saturated heterocycles. The van der Waals surface area contributed by atoms with Crippen LogP contribution in [0.3, 0.4) is 0 Å². The molecule has 0 unspecified atom stereocenters. The van der Waals surface area contributed by atoms with Crippen LogP contribution in [-0.4, -0.2) is 13.4 Å². The summed E-state index contributed by atoms with van der Waals surface area (Å²) >= 11 is 6.67. The Morgan fingerprint density at radius 1 is 1.33 bits per heavy atom. The summed E-state index contributed by atoms with van der Waals surface area (Å²) < 4.78 is 24.5. The molecule has 2 rings (SSSR count). The average molecular weight is 299 g/mol. The van der Waals surface area contributed by atoms with Gasteiger partial charge in [-0.3, -0.25) is 0 Å². The van der Waals surface area contributed by atoms with Crippen LogP contribution in [0.25, 0.3) is 0 Å². The van der Waals surface area contributed by atoms with E-state index in [9.17, 15) is 8.42 Å². The molecule has 1 heterocycles. The Hall–Kier alpha value is -1.42. The lowest BCUT2D eigenvalue weighted by molar-refractivity contribution is 0.593. The third kappa shape index (κ3) is 2.25. The van der Waals surface area contributed by atoms with Crippen molar-refractivity contribution in [3.8, 4) is 6.07 Å². The minimum absolute atomic E-state index is 0.00660. The SMILES string of the molecule is Cc1ccc(S(=O)(=O)c2nc(C#N)sc2Cl)cc1. The van der Waals surface area contributed by atoms with E-state index in [1.807, 2.05) is 6.92 Å². The quantitative estimate of drug-likeness (QED) is 0.854. The largest absolute Gasteiger partial charge is 0.226 e. The zero-order chi connectivity index (χ0) is 13.3. The lowest BCUT2D eigenvalue weighted by Crippen LogP contribution is -2.03. The predicted molar refractivity (Wildman–Crippen MR) is 68.5 cm³/mol. The van der Waals surface area contributed by atoms with Crippen LogP contribution in [-0.2, 0) is 9.84 Å². The average Bonchev–Trinajstić information content (AvgIpc) is 2.72. The van der Waals surface area contributed by atoms with E-state index in [0.717, 1.165) is 16.9 Å². The fraction of sp³-hybridized carbons (Fsp3) is 0.0909. The van der Waals surface area contributed by atoms with Gasteiger partial charge < -0.3 is 0 Å². The van der Waals surface area contributed by atoms with E-state index in [0.29, 0.717) is 0 Å². The van der Waals surface area contributed by atoms with Gasteiger partial charge in [0.15, 0.2) is 10.0 Å². The van der Waals surface area contributed by atoms with Crippen LogP contribution in [0.15, 0.2) is 34.2 Å². The highest BCUT2D eigenvalue weighted by molar-refractivity contribution is 7.91. The first-order valence-corrected chi connectivity index (χ1v) is 7.51. The Kier molecular flexibility index (Phi) is 3.39. The number of sulfone groups is 1. The van der Waals surface area contributed by atoms with Crippen molar-refractivity contribution >= 4 is 32.8 Å². The molecular weight excluding hydrogens is 292 g/mol. The van der Waals surface area contributed by atoms with Crippen molar-refractivity contribution in [1.82, 2.24) is 4.98 Å². The summed E-state index contributed by atoms with van der Waals surface area (Å²) in [4.78, 5) is 3.85. The number of hydrogen-bond donors (Lipinski definition) is 0. The Morgan fingerprint density at radius 3 is 2.44 bits per heavy atom. The number of aromatic nitrogens is 1. The first-order valence-electron chi connectivity index (χ1n) is 4.83. The molecule has 0 bridgehead atoms. The number of nitriles is 1. The summed E-state index contributed by atoms with van der Waals surface area (Å²) in [5.74, 6) is 0. The number of nitrogens with zero attached hydrogens (tertiary/aromatic N) is 2. The third-order valence-corrected chi connectivity index (χ3v) is 5.34. The second kappa shape index (κ2) is 4.69. The number of hydrogen-bond acceptors (Lipinski definition) is 5. The minimum atomic E-state index is -3.76. The molecule has 0 spiro atoms. The van der Waals surface area contributed by atoms with E-state index >= 15 is 0 Å². The summed E-state index contributed by atoms with van der Waals surface area (Å²) in [6, 6.07) is 8.15. The lowest BCUT2D eigenvalue weighted by atomic mass is 10.2. The van der Waals surface area contributed by atoms with Crippen molar-refractivity contribution in [2.75, 3.05) is 0 Å². The molecule has 0 fully saturated rings.